The van der Waals surface area contributed by atoms with Gasteiger partial charge in [0.25, 0.3) is 0 Å². The van der Waals surface area contributed by atoms with E-state index >= 15 is 0 Å². The molecule has 0 heterocycles. The molecule has 4 atom stereocenters. The Morgan fingerprint density at radius 1 is 1.25 bits per heavy atom. The van der Waals surface area contributed by atoms with Gasteiger partial charge in [-0.05, 0) is 42.8 Å². The third-order valence-corrected chi connectivity index (χ3v) is 9.28. The van der Waals surface area contributed by atoms with E-state index in [1.165, 1.54) is 6.42 Å². The molecule has 2 aliphatic carbocycles. The summed E-state index contributed by atoms with van der Waals surface area (Å²) in [5.74, 6) is 1.67. The van der Waals surface area contributed by atoms with Crippen molar-refractivity contribution in [3.8, 4) is 0 Å². The molecule has 0 aromatic carbocycles. The Morgan fingerprint density at radius 2 is 1.88 bits per heavy atom. The van der Waals surface area contributed by atoms with Gasteiger partial charge in [-0.2, -0.15) is 0 Å². The molecule has 2 aliphatic rings. The predicted octanol–water partition coefficient (Wildman–Crippen LogP) is 3.23. The first kappa shape index (κ1) is 12.3. The smallest absolute Gasteiger partial charge is 0.192 e. The van der Waals surface area contributed by atoms with Crippen LogP contribution in [0.25, 0.3) is 0 Å². The summed E-state index contributed by atoms with van der Waals surface area (Å²) in [6.07, 6.45) is 3.74. The van der Waals surface area contributed by atoms with Crippen molar-refractivity contribution < 1.29 is 9.22 Å². The minimum absolute atomic E-state index is 0.179. The molecule has 0 aromatic heterocycles. The van der Waals surface area contributed by atoms with Crippen LogP contribution in [-0.4, -0.2) is 20.7 Å². The van der Waals surface area contributed by atoms with Crippen LogP contribution in [0.1, 0.15) is 33.6 Å². The molecule has 0 spiro atoms. The zero-order valence-corrected chi connectivity index (χ0v) is 12.1. The van der Waals surface area contributed by atoms with Gasteiger partial charge in [-0.1, -0.05) is 20.8 Å². The summed E-state index contributed by atoms with van der Waals surface area (Å²) in [5.41, 5.74) is 0. The molecule has 2 fully saturated rings. The SMILES string of the molecule is CC(C)(C)[Si](C)(C)OC1C2CC2C[C@H]1C=O. The highest BCUT2D eigenvalue weighted by atomic mass is 28.4. The fourth-order valence-electron chi connectivity index (χ4n) is 2.57. The van der Waals surface area contributed by atoms with E-state index in [9.17, 15) is 4.79 Å². The van der Waals surface area contributed by atoms with Crippen LogP contribution in [0, 0.1) is 17.8 Å². The quantitative estimate of drug-likeness (QED) is 0.559. The highest BCUT2D eigenvalue weighted by molar-refractivity contribution is 6.74. The van der Waals surface area contributed by atoms with Crippen LogP contribution in [0.4, 0.5) is 0 Å². The number of fused-ring (bicyclic) bond motifs is 1. The number of rotatable bonds is 3. The van der Waals surface area contributed by atoms with Gasteiger partial charge >= 0.3 is 0 Å². The molecule has 0 saturated heterocycles. The molecule has 0 amide bonds. The molecule has 2 saturated carbocycles. The molecule has 3 heteroatoms. The Bertz CT molecular complexity index is 293. The zero-order valence-electron chi connectivity index (χ0n) is 11.1. The molecule has 3 unspecified atom stereocenters. The van der Waals surface area contributed by atoms with Gasteiger partial charge in [0.05, 0.1) is 6.10 Å². The van der Waals surface area contributed by atoms with Gasteiger partial charge in [0.1, 0.15) is 6.29 Å². The Hall–Kier alpha value is -0.153. The van der Waals surface area contributed by atoms with Crippen molar-refractivity contribution in [1.82, 2.24) is 0 Å². The molecule has 0 bridgehead atoms. The van der Waals surface area contributed by atoms with Gasteiger partial charge in [0, 0.05) is 5.92 Å². The summed E-state index contributed by atoms with van der Waals surface area (Å²) in [4.78, 5) is 11.1. The van der Waals surface area contributed by atoms with Crippen molar-refractivity contribution in [1.29, 1.82) is 0 Å². The predicted molar refractivity (Wildman–Crippen MR) is 67.8 cm³/mol. The fourth-order valence-corrected chi connectivity index (χ4v) is 3.95. The van der Waals surface area contributed by atoms with Crippen molar-refractivity contribution >= 4 is 14.6 Å². The Kier molecular flexibility index (Phi) is 2.82. The second-order valence-corrected chi connectivity index (χ2v) is 11.8. The van der Waals surface area contributed by atoms with Crippen LogP contribution in [0.2, 0.25) is 18.1 Å². The third kappa shape index (κ3) is 1.99. The molecule has 0 aliphatic heterocycles. The maximum Gasteiger partial charge on any atom is 0.192 e. The lowest BCUT2D eigenvalue weighted by Crippen LogP contribution is -2.45. The first-order chi connectivity index (χ1) is 7.26. The minimum Gasteiger partial charge on any atom is -0.413 e. The normalized spacial score (nSPS) is 38.3. The number of hydrogen-bond donors (Lipinski definition) is 0. The topological polar surface area (TPSA) is 26.3 Å². The third-order valence-electron chi connectivity index (χ3n) is 4.81. The summed E-state index contributed by atoms with van der Waals surface area (Å²) in [6.45, 7) is 11.3. The standard InChI is InChI=1S/C13H24O2Si/c1-13(2,3)16(4,5)15-12-10(8-14)6-9-7-11(9)12/h8-12H,6-7H2,1-5H3/t9?,10-,11?,12?/m0/s1. The number of hydrogen-bond acceptors (Lipinski definition) is 2. The number of carbonyl (C=O) groups is 1. The summed E-state index contributed by atoms with van der Waals surface area (Å²) in [7, 11) is -1.70. The van der Waals surface area contributed by atoms with E-state index in [1.54, 1.807) is 0 Å². The Labute approximate surface area is 99.9 Å². The lowest BCUT2D eigenvalue weighted by molar-refractivity contribution is -0.113. The molecule has 0 N–H and O–H groups in total. The van der Waals surface area contributed by atoms with Crippen LogP contribution in [-0.2, 0) is 9.22 Å². The average Bonchev–Trinajstić information content (AvgIpc) is 2.82. The Balaban J connectivity index is 2.06. The molecule has 0 radical (unpaired) electrons. The average molecular weight is 240 g/mol. The van der Waals surface area contributed by atoms with E-state index in [4.69, 9.17) is 4.43 Å². The summed E-state index contributed by atoms with van der Waals surface area (Å²) >= 11 is 0. The molecular weight excluding hydrogens is 216 g/mol. The van der Waals surface area contributed by atoms with E-state index < -0.39 is 8.32 Å². The molecule has 0 aromatic rings. The van der Waals surface area contributed by atoms with Crippen molar-refractivity contribution in [3.05, 3.63) is 0 Å². The fraction of sp³-hybridized carbons (Fsp3) is 0.923. The zero-order chi connectivity index (χ0) is 12.1. The van der Waals surface area contributed by atoms with Crippen LogP contribution >= 0.6 is 0 Å². The molecule has 16 heavy (non-hydrogen) atoms. The largest absolute Gasteiger partial charge is 0.413 e. The van der Waals surface area contributed by atoms with Gasteiger partial charge in [0.2, 0.25) is 0 Å². The molecule has 92 valence electrons. The lowest BCUT2D eigenvalue weighted by Gasteiger charge is -2.39. The van der Waals surface area contributed by atoms with Crippen molar-refractivity contribution in [3.63, 3.8) is 0 Å². The monoisotopic (exact) mass is 240 g/mol. The number of aldehydes is 1. The van der Waals surface area contributed by atoms with Crippen molar-refractivity contribution in [2.24, 2.45) is 17.8 Å². The van der Waals surface area contributed by atoms with Gasteiger partial charge in [-0.25, -0.2) is 0 Å². The maximum atomic E-state index is 11.1. The van der Waals surface area contributed by atoms with E-state index in [1.807, 2.05) is 0 Å². The number of carbonyl (C=O) groups excluding carboxylic acids is 1. The van der Waals surface area contributed by atoms with E-state index in [0.717, 1.165) is 18.6 Å². The second kappa shape index (κ2) is 3.67. The summed E-state index contributed by atoms with van der Waals surface area (Å²) in [6, 6.07) is 0. The van der Waals surface area contributed by atoms with Crippen LogP contribution in [0.5, 0.6) is 0 Å². The van der Waals surface area contributed by atoms with Gasteiger partial charge in [0.15, 0.2) is 8.32 Å². The molecular formula is C13H24O2Si. The highest BCUT2D eigenvalue weighted by Crippen LogP contribution is 2.56. The first-order valence-electron chi connectivity index (χ1n) is 6.39. The second-order valence-electron chi connectivity index (χ2n) is 7.04. The van der Waals surface area contributed by atoms with E-state index in [-0.39, 0.29) is 17.1 Å². The van der Waals surface area contributed by atoms with Gasteiger partial charge in [-0.3, -0.25) is 0 Å². The molecule has 2 nitrogen and oxygen atoms in total. The minimum atomic E-state index is -1.70. The first-order valence-corrected chi connectivity index (χ1v) is 9.30. The van der Waals surface area contributed by atoms with Crippen molar-refractivity contribution in [2.75, 3.05) is 0 Å². The van der Waals surface area contributed by atoms with Gasteiger partial charge in [-0.15, -0.1) is 0 Å². The van der Waals surface area contributed by atoms with Crippen LogP contribution in [0.3, 0.4) is 0 Å². The van der Waals surface area contributed by atoms with Crippen LogP contribution in [0.15, 0.2) is 0 Å². The summed E-state index contributed by atoms with van der Waals surface area (Å²) < 4.78 is 6.43. The highest BCUT2D eigenvalue weighted by Gasteiger charge is 2.56. The maximum absolute atomic E-state index is 11.1. The van der Waals surface area contributed by atoms with E-state index in [2.05, 4.69) is 33.9 Å². The lowest BCUT2D eigenvalue weighted by atomic mass is 10.0. The van der Waals surface area contributed by atoms with E-state index in [0.29, 0.717) is 5.92 Å². The van der Waals surface area contributed by atoms with Crippen molar-refractivity contribution in [2.45, 2.75) is 57.8 Å². The van der Waals surface area contributed by atoms with Gasteiger partial charge < -0.3 is 9.22 Å². The van der Waals surface area contributed by atoms with Crippen LogP contribution < -0.4 is 0 Å². The summed E-state index contributed by atoms with van der Waals surface area (Å²) in [5, 5.41) is 0.243. The molecule has 2 rings (SSSR count). The Morgan fingerprint density at radius 3 is 2.38 bits per heavy atom.